The van der Waals surface area contributed by atoms with E-state index >= 15 is 0 Å². The van der Waals surface area contributed by atoms with Crippen LogP contribution in [0.2, 0.25) is 0 Å². The van der Waals surface area contributed by atoms with Crippen molar-refractivity contribution in [3.05, 3.63) is 66.5 Å². The van der Waals surface area contributed by atoms with Gasteiger partial charge in [0.15, 0.2) is 6.10 Å². The number of carbonyl (C=O) groups excluding carboxylic acids is 2. The van der Waals surface area contributed by atoms with Crippen LogP contribution in [0.5, 0.6) is 0 Å². The number of hydrogen-bond acceptors (Lipinski definition) is 6. The average molecular weight is 390 g/mol. The van der Waals surface area contributed by atoms with Crippen molar-refractivity contribution in [1.29, 1.82) is 0 Å². The van der Waals surface area contributed by atoms with Crippen LogP contribution in [0.1, 0.15) is 17.3 Å². The normalized spacial score (nSPS) is 15.2. The number of amides is 1. The van der Waals surface area contributed by atoms with E-state index in [9.17, 15) is 9.59 Å². The summed E-state index contributed by atoms with van der Waals surface area (Å²) in [6.07, 6.45) is 2.32. The monoisotopic (exact) mass is 390 g/mol. The van der Waals surface area contributed by atoms with Crippen LogP contribution in [-0.4, -0.2) is 59.0 Å². The molecule has 7 heteroatoms. The summed E-state index contributed by atoms with van der Waals surface area (Å²) in [7, 11) is 0. The second-order valence-electron chi connectivity index (χ2n) is 6.96. The fourth-order valence-electron chi connectivity index (χ4n) is 3.45. The molecule has 2 heterocycles. The fraction of sp³-hybridized carbons (Fsp3) is 0.273. The number of benzene rings is 2. The minimum Gasteiger partial charge on any atom is -0.449 e. The van der Waals surface area contributed by atoms with Gasteiger partial charge in [0.25, 0.3) is 5.91 Å². The molecule has 1 aromatic heterocycles. The first-order chi connectivity index (χ1) is 14.1. The Morgan fingerprint density at radius 3 is 2.34 bits per heavy atom. The zero-order valence-electron chi connectivity index (χ0n) is 16.2. The van der Waals surface area contributed by atoms with Gasteiger partial charge in [-0.3, -0.25) is 14.8 Å². The fourth-order valence-corrected chi connectivity index (χ4v) is 3.45. The van der Waals surface area contributed by atoms with Crippen molar-refractivity contribution in [3.8, 4) is 0 Å². The van der Waals surface area contributed by atoms with E-state index in [1.165, 1.54) is 0 Å². The smallest absolute Gasteiger partial charge is 0.338 e. The highest BCUT2D eigenvalue weighted by atomic mass is 16.5. The Hall–Kier alpha value is -3.48. The number of para-hydroxylation sites is 1. The topological polar surface area (TPSA) is 75.6 Å². The van der Waals surface area contributed by atoms with E-state index < -0.39 is 12.1 Å². The van der Waals surface area contributed by atoms with Crippen LogP contribution in [0, 0.1) is 0 Å². The van der Waals surface area contributed by atoms with Crippen LogP contribution < -0.4 is 4.90 Å². The lowest BCUT2D eigenvalue weighted by Crippen LogP contribution is -2.51. The third kappa shape index (κ3) is 4.18. The van der Waals surface area contributed by atoms with Crippen LogP contribution in [-0.2, 0) is 9.53 Å². The Kier molecular flexibility index (Phi) is 5.37. The Balaban J connectivity index is 1.35. The predicted octanol–water partition coefficient (Wildman–Crippen LogP) is 2.52. The summed E-state index contributed by atoms with van der Waals surface area (Å²) in [6, 6.07) is 15.1. The number of aromatic nitrogens is 2. The van der Waals surface area contributed by atoms with Crippen molar-refractivity contribution in [2.75, 3.05) is 31.1 Å². The molecule has 0 bridgehead atoms. The molecule has 1 amide bonds. The van der Waals surface area contributed by atoms with E-state index in [1.54, 1.807) is 42.4 Å². The molecule has 29 heavy (non-hydrogen) atoms. The number of rotatable bonds is 4. The van der Waals surface area contributed by atoms with Gasteiger partial charge in [0.05, 0.1) is 16.6 Å². The lowest BCUT2D eigenvalue weighted by Gasteiger charge is -2.37. The van der Waals surface area contributed by atoms with Crippen molar-refractivity contribution >= 4 is 28.6 Å². The molecule has 0 saturated carbocycles. The second-order valence-corrected chi connectivity index (χ2v) is 6.96. The Morgan fingerprint density at radius 2 is 1.62 bits per heavy atom. The van der Waals surface area contributed by atoms with Crippen molar-refractivity contribution < 1.29 is 14.3 Å². The van der Waals surface area contributed by atoms with Gasteiger partial charge in [-0.25, -0.2) is 4.79 Å². The summed E-state index contributed by atoms with van der Waals surface area (Å²) in [5, 5.41) is 0. The van der Waals surface area contributed by atoms with Gasteiger partial charge in [-0.05, 0) is 37.3 Å². The first-order valence-corrected chi connectivity index (χ1v) is 9.62. The highest BCUT2D eigenvalue weighted by Gasteiger charge is 2.27. The number of ether oxygens (including phenoxy) is 1. The molecule has 1 aliphatic heterocycles. The van der Waals surface area contributed by atoms with Gasteiger partial charge < -0.3 is 14.5 Å². The van der Waals surface area contributed by atoms with Gasteiger partial charge in [-0.1, -0.05) is 18.2 Å². The quantitative estimate of drug-likeness (QED) is 0.637. The third-order valence-corrected chi connectivity index (χ3v) is 5.05. The standard InChI is InChI=1S/C22H22N4O3/c1-16(29-22(28)17-7-8-19-20(15-17)24-10-9-23-19)21(27)26-13-11-25(12-14-26)18-5-3-2-4-6-18/h2-10,15-16H,11-14H2,1H3/t16-/m0/s1. The van der Waals surface area contributed by atoms with Crippen LogP contribution in [0.4, 0.5) is 5.69 Å². The van der Waals surface area contributed by atoms with Crippen LogP contribution >= 0.6 is 0 Å². The van der Waals surface area contributed by atoms with Crippen molar-refractivity contribution in [1.82, 2.24) is 14.9 Å². The molecule has 2 aromatic carbocycles. The highest BCUT2D eigenvalue weighted by molar-refractivity contribution is 5.95. The predicted molar refractivity (Wildman–Crippen MR) is 110 cm³/mol. The lowest BCUT2D eigenvalue weighted by molar-refractivity contribution is -0.140. The lowest BCUT2D eigenvalue weighted by atomic mass is 10.2. The summed E-state index contributed by atoms with van der Waals surface area (Å²) < 4.78 is 5.42. The Labute approximate surface area is 168 Å². The molecule has 7 nitrogen and oxygen atoms in total. The number of anilines is 1. The van der Waals surface area contributed by atoms with Crippen LogP contribution in [0.15, 0.2) is 60.9 Å². The van der Waals surface area contributed by atoms with E-state index in [4.69, 9.17) is 4.74 Å². The summed E-state index contributed by atoms with van der Waals surface area (Å²) in [5.74, 6) is -0.715. The largest absolute Gasteiger partial charge is 0.449 e. The summed E-state index contributed by atoms with van der Waals surface area (Å²) in [5.41, 5.74) is 2.81. The SMILES string of the molecule is C[C@H](OC(=O)c1ccc2nccnc2c1)C(=O)N1CCN(c2ccccc2)CC1. The number of nitrogens with zero attached hydrogens (tertiary/aromatic N) is 4. The molecule has 0 radical (unpaired) electrons. The number of piperazine rings is 1. The molecule has 3 aromatic rings. The molecule has 148 valence electrons. The first-order valence-electron chi connectivity index (χ1n) is 9.62. The molecule has 1 fully saturated rings. The minimum absolute atomic E-state index is 0.174. The zero-order valence-corrected chi connectivity index (χ0v) is 16.2. The molecule has 0 aliphatic carbocycles. The molecular weight excluding hydrogens is 368 g/mol. The molecule has 4 rings (SSSR count). The second kappa shape index (κ2) is 8.26. The first kappa shape index (κ1) is 18.9. The molecule has 0 unspecified atom stereocenters. The van der Waals surface area contributed by atoms with Crippen molar-refractivity contribution in [2.45, 2.75) is 13.0 Å². The van der Waals surface area contributed by atoms with Gasteiger partial charge in [0.2, 0.25) is 0 Å². The molecule has 0 N–H and O–H groups in total. The summed E-state index contributed by atoms with van der Waals surface area (Å²) in [6.45, 7) is 4.31. The van der Waals surface area contributed by atoms with Crippen LogP contribution in [0.3, 0.4) is 0 Å². The van der Waals surface area contributed by atoms with E-state index in [0.29, 0.717) is 29.7 Å². The van der Waals surface area contributed by atoms with E-state index in [2.05, 4.69) is 27.0 Å². The summed E-state index contributed by atoms with van der Waals surface area (Å²) in [4.78, 5) is 37.6. The van der Waals surface area contributed by atoms with Gasteiger partial charge in [-0.15, -0.1) is 0 Å². The molecule has 1 aliphatic rings. The van der Waals surface area contributed by atoms with Gasteiger partial charge in [0, 0.05) is 44.3 Å². The molecule has 1 saturated heterocycles. The van der Waals surface area contributed by atoms with E-state index in [0.717, 1.165) is 18.8 Å². The Morgan fingerprint density at radius 1 is 0.931 bits per heavy atom. The van der Waals surface area contributed by atoms with E-state index in [1.807, 2.05) is 18.2 Å². The minimum atomic E-state index is -0.844. The number of hydrogen-bond donors (Lipinski definition) is 0. The van der Waals surface area contributed by atoms with E-state index in [-0.39, 0.29) is 5.91 Å². The van der Waals surface area contributed by atoms with Gasteiger partial charge in [-0.2, -0.15) is 0 Å². The average Bonchev–Trinajstić information content (AvgIpc) is 2.79. The number of fused-ring (bicyclic) bond motifs is 1. The number of carbonyl (C=O) groups is 2. The maximum atomic E-state index is 12.7. The van der Waals surface area contributed by atoms with Gasteiger partial charge in [0.1, 0.15) is 0 Å². The van der Waals surface area contributed by atoms with Crippen molar-refractivity contribution in [2.24, 2.45) is 0 Å². The molecule has 1 atom stereocenters. The molecular formula is C22H22N4O3. The summed E-state index contributed by atoms with van der Waals surface area (Å²) >= 11 is 0. The van der Waals surface area contributed by atoms with Gasteiger partial charge >= 0.3 is 5.97 Å². The Bertz CT molecular complexity index is 1020. The third-order valence-electron chi connectivity index (χ3n) is 5.05. The maximum absolute atomic E-state index is 12.7. The van der Waals surface area contributed by atoms with Crippen LogP contribution in [0.25, 0.3) is 11.0 Å². The molecule has 0 spiro atoms. The number of esters is 1. The highest BCUT2D eigenvalue weighted by Crippen LogP contribution is 2.17. The van der Waals surface area contributed by atoms with Crippen molar-refractivity contribution in [3.63, 3.8) is 0 Å². The zero-order chi connectivity index (χ0) is 20.2. The maximum Gasteiger partial charge on any atom is 0.338 e.